The SMILES string of the molecule is CCCCCCN(C)c1nc2ccccc2s1. The number of hydrogen-bond acceptors (Lipinski definition) is 3. The fraction of sp³-hybridized carbons (Fsp3) is 0.500. The molecule has 0 aliphatic heterocycles. The molecule has 17 heavy (non-hydrogen) atoms. The number of para-hydroxylation sites is 1. The number of benzene rings is 1. The second-order valence-corrected chi connectivity index (χ2v) is 5.46. The van der Waals surface area contributed by atoms with E-state index in [9.17, 15) is 0 Å². The molecule has 0 unspecified atom stereocenters. The topological polar surface area (TPSA) is 16.1 Å². The standard InChI is InChI=1S/C14H20N2S/c1-3-4-5-8-11-16(2)14-15-12-9-6-7-10-13(12)17-14/h6-7,9-10H,3-5,8,11H2,1-2H3. The number of nitrogens with zero attached hydrogens (tertiary/aromatic N) is 2. The van der Waals surface area contributed by atoms with Gasteiger partial charge in [-0.2, -0.15) is 0 Å². The second kappa shape index (κ2) is 6.01. The highest BCUT2D eigenvalue weighted by molar-refractivity contribution is 7.22. The Bertz CT molecular complexity index is 431. The van der Waals surface area contributed by atoms with Gasteiger partial charge in [-0.3, -0.25) is 0 Å². The molecular weight excluding hydrogens is 228 g/mol. The third kappa shape index (κ3) is 3.19. The van der Waals surface area contributed by atoms with E-state index in [4.69, 9.17) is 0 Å². The molecule has 2 aromatic rings. The lowest BCUT2D eigenvalue weighted by Crippen LogP contribution is -2.17. The van der Waals surface area contributed by atoms with Crippen LogP contribution in [0.25, 0.3) is 10.2 Å². The van der Waals surface area contributed by atoms with Gasteiger partial charge in [-0.25, -0.2) is 4.98 Å². The average Bonchev–Trinajstić information content (AvgIpc) is 2.78. The quantitative estimate of drug-likeness (QED) is 0.708. The maximum Gasteiger partial charge on any atom is 0.186 e. The number of thiazole rings is 1. The zero-order valence-electron chi connectivity index (χ0n) is 10.6. The van der Waals surface area contributed by atoms with Gasteiger partial charge in [0.25, 0.3) is 0 Å². The van der Waals surface area contributed by atoms with E-state index in [1.165, 1.54) is 30.4 Å². The van der Waals surface area contributed by atoms with E-state index in [0.717, 1.165) is 17.2 Å². The molecule has 0 atom stereocenters. The summed E-state index contributed by atoms with van der Waals surface area (Å²) in [7, 11) is 2.14. The predicted molar refractivity (Wildman–Crippen MR) is 77.0 cm³/mol. The highest BCUT2D eigenvalue weighted by Gasteiger charge is 2.07. The van der Waals surface area contributed by atoms with Crippen molar-refractivity contribution in [3.05, 3.63) is 24.3 Å². The van der Waals surface area contributed by atoms with Crippen LogP contribution >= 0.6 is 11.3 Å². The molecule has 1 heterocycles. The minimum atomic E-state index is 1.11. The van der Waals surface area contributed by atoms with Crippen LogP contribution in [0.5, 0.6) is 0 Å². The van der Waals surface area contributed by atoms with E-state index < -0.39 is 0 Å². The molecule has 0 saturated heterocycles. The van der Waals surface area contributed by atoms with Crippen LogP contribution in [0, 0.1) is 0 Å². The van der Waals surface area contributed by atoms with Gasteiger partial charge in [0.1, 0.15) is 0 Å². The summed E-state index contributed by atoms with van der Waals surface area (Å²) in [5.74, 6) is 0. The fourth-order valence-corrected chi connectivity index (χ4v) is 2.85. The van der Waals surface area contributed by atoms with Gasteiger partial charge in [0.05, 0.1) is 10.2 Å². The molecule has 1 aromatic heterocycles. The summed E-state index contributed by atoms with van der Waals surface area (Å²) < 4.78 is 1.28. The highest BCUT2D eigenvalue weighted by Crippen LogP contribution is 2.27. The van der Waals surface area contributed by atoms with Gasteiger partial charge in [0.15, 0.2) is 5.13 Å². The minimum Gasteiger partial charge on any atom is -0.351 e. The normalized spacial score (nSPS) is 10.9. The first kappa shape index (κ1) is 12.4. The van der Waals surface area contributed by atoms with Gasteiger partial charge in [0.2, 0.25) is 0 Å². The van der Waals surface area contributed by atoms with Crippen molar-refractivity contribution in [3.63, 3.8) is 0 Å². The van der Waals surface area contributed by atoms with Gasteiger partial charge in [-0.15, -0.1) is 0 Å². The molecule has 0 aliphatic carbocycles. The summed E-state index contributed by atoms with van der Waals surface area (Å²) in [5.41, 5.74) is 1.12. The monoisotopic (exact) mass is 248 g/mol. The Morgan fingerprint density at radius 1 is 1.18 bits per heavy atom. The van der Waals surface area contributed by atoms with Crippen LogP contribution in [0.4, 0.5) is 5.13 Å². The van der Waals surface area contributed by atoms with Crippen molar-refractivity contribution in [2.75, 3.05) is 18.5 Å². The first-order valence-electron chi connectivity index (χ1n) is 6.38. The molecule has 2 rings (SSSR count). The maximum atomic E-state index is 4.66. The van der Waals surface area contributed by atoms with Crippen LogP contribution in [0.15, 0.2) is 24.3 Å². The molecular formula is C14H20N2S. The largest absolute Gasteiger partial charge is 0.351 e. The zero-order chi connectivity index (χ0) is 12.1. The second-order valence-electron chi connectivity index (χ2n) is 4.45. The third-order valence-electron chi connectivity index (χ3n) is 2.96. The van der Waals surface area contributed by atoms with Crippen LogP contribution in [0.1, 0.15) is 32.6 Å². The Balaban J connectivity index is 1.96. The van der Waals surface area contributed by atoms with Crippen LogP contribution in [-0.2, 0) is 0 Å². The summed E-state index contributed by atoms with van der Waals surface area (Å²) >= 11 is 1.78. The Hall–Kier alpha value is -1.09. The molecule has 3 heteroatoms. The van der Waals surface area contributed by atoms with E-state index in [1.807, 2.05) is 6.07 Å². The smallest absolute Gasteiger partial charge is 0.186 e. The molecule has 0 radical (unpaired) electrons. The Labute approximate surface area is 107 Å². The number of rotatable bonds is 6. The van der Waals surface area contributed by atoms with Crippen molar-refractivity contribution < 1.29 is 0 Å². The molecule has 0 amide bonds. The number of unbranched alkanes of at least 4 members (excludes halogenated alkanes) is 3. The van der Waals surface area contributed by atoms with E-state index >= 15 is 0 Å². The molecule has 2 nitrogen and oxygen atoms in total. The number of anilines is 1. The van der Waals surface area contributed by atoms with Crippen molar-refractivity contribution in [3.8, 4) is 0 Å². The molecule has 92 valence electrons. The van der Waals surface area contributed by atoms with Crippen molar-refractivity contribution in [1.82, 2.24) is 4.98 Å². The molecule has 0 spiro atoms. The average molecular weight is 248 g/mol. The lowest BCUT2D eigenvalue weighted by molar-refractivity contribution is 0.661. The Morgan fingerprint density at radius 3 is 2.76 bits per heavy atom. The summed E-state index contributed by atoms with van der Waals surface area (Å²) in [6, 6.07) is 8.35. The summed E-state index contributed by atoms with van der Waals surface area (Å²) in [4.78, 5) is 6.93. The van der Waals surface area contributed by atoms with E-state index in [-0.39, 0.29) is 0 Å². The molecule has 0 N–H and O–H groups in total. The molecule has 0 fully saturated rings. The summed E-state index contributed by atoms with van der Waals surface area (Å²) in [5, 5.41) is 1.14. The van der Waals surface area contributed by atoms with E-state index in [0.29, 0.717) is 0 Å². The first-order chi connectivity index (χ1) is 8.31. The summed E-state index contributed by atoms with van der Waals surface area (Å²) in [6.07, 6.45) is 5.23. The van der Waals surface area contributed by atoms with Gasteiger partial charge in [-0.05, 0) is 18.6 Å². The first-order valence-corrected chi connectivity index (χ1v) is 7.19. The van der Waals surface area contributed by atoms with E-state index in [2.05, 4.69) is 42.1 Å². The maximum absolute atomic E-state index is 4.66. The zero-order valence-corrected chi connectivity index (χ0v) is 11.5. The predicted octanol–water partition coefficient (Wildman–Crippen LogP) is 4.31. The van der Waals surface area contributed by atoms with Gasteiger partial charge >= 0.3 is 0 Å². The van der Waals surface area contributed by atoms with Crippen molar-refractivity contribution in [1.29, 1.82) is 0 Å². The lowest BCUT2D eigenvalue weighted by atomic mass is 10.2. The Kier molecular flexibility index (Phi) is 4.37. The number of fused-ring (bicyclic) bond motifs is 1. The van der Waals surface area contributed by atoms with Crippen LogP contribution < -0.4 is 4.90 Å². The van der Waals surface area contributed by atoms with Gasteiger partial charge in [0, 0.05) is 13.6 Å². The fourth-order valence-electron chi connectivity index (χ4n) is 1.89. The van der Waals surface area contributed by atoms with Crippen LogP contribution in [0.2, 0.25) is 0 Å². The van der Waals surface area contributed by atoms with Crippen molar-refractivity contribution >= 4 is 26.7 Å². The third-order valence-corrected chi connectivity index (χ3v) is 4.11. The molecule has 0 saturated carbocycles. The molecule has 1 aromatic carbocycles. The van der Waals surface area contributed by atoms with Crippen LogP contribution in [0.3, 0.4) is 0 Å². The van der Waals surface area contributed by atoms with Crippen LogP contribution in [-0.4, -0.2) is 18.6 Å². The van der Waals surface area contributed by atoms with E-state index in [1.54, 1.807) is 11.3 Å². The minimum absolute atomic E-state index is 1.11. The Morgan fingerprint density at radius 2 is 2.00 bits per heavy atom. The van der Waals surface area contributed by atoms with Crippen molar-refractivity contribution in [2.45, 2.75) is 32.6 Å². The molecule has 0 aliphatic rings. The highest BCUT2D eigenvalue weighted by atomic mass is 32.1. The number of aromatic nitrogens is 1. The van der Waals surface area contributed by atoms with Crippen molar-refractivity contribution in [2.24, 2.45) is 0 Å². The van der Waals surface area contributed by atoms with Gasteiger partial charge in [-0.1, -0.05) is 49.7 Å². The number of hydrogen-bond donors (Lipinski definition) is 0. The molecule has 0 bridgehead atoms. The lowest BCUT2D eigenvalue weighted by Gasteiger charge is -2.14. The van der Waals surface area contributed by atoms with Gasteiger partial charge < -0.3 is 4.90 Å². The summed E-state index contributed by atoms with van der Waals surface area (Å²) in [6.45, 7) is 3.36.